The summed E-state index contributed by atoms with van der Waals surface area (Å²) in [6, 6.07) is 0. The van der Waals surface area contributed by atoms with Crippen molar-refractivity contribution in [3.63, 3.8) is 0 Å². The van der Waals surface area contributed by atoms with Gasteiger partial charge in [0.15, 0.2) is 0 Å². The molecule has 0 amide bonds. The quantitative estimate of drug-likeness (QED) is 0.637. The number of sulfonamides is 1. The molecule has 14 heavy (non-hydrogen) atoms. The number of hydrogen-bond donors (Lipinski definition) is 0. The smallest absolute Gasteiger partial charge is 0.216 e. The van der Waals surface area contributed by atoms with E-state index < -0.39 is 10.0 Å². The fourth-order valence-electron chi connectivity index (χ4n) is 1.37. The van der Waals surface area contributed by atoms with E-state index in [4.69, 9.17) is 4.74 Å². The molecule has 0 atom stereocenters. The first kappa shape index (κ1) is 11.7. The number of hydrogen-bond acceptors (Lipinski definition) is 3. The Morgan fingerprint density at radius 2 is 2.29 bits per heavy atom. The molecule has 82 valence electrons. The van der Waals surface area contributed by atoms with Crippen LogP contribution in [0.15, 0.2) is 11.6 Å². The molecule has 0 N–H and O–H groups in total. The minimum Gasteiger partial charge on any atom is -0.384 e. The average molecular weight is 219 g/mol. The molecule has 1 aliphatic rings. The van der Waals surface area contributed by atoms with E-state index in [1.54, 1.807) is 0 Å². The van der Waals surface area contributed by atoms with E-state index in [0.717, 1.165) is 6.42 Å². The second kappa shape index (κ2) is 4.91. The van der Waals surface area contributed by atoms with Crippen molar-refractivity contribution in [3.8, 4) is 0 Å². The van der Waals surface area contributed by atoms with Crippen LogP contribution in [0.5, 0.6) is 0 Å². The standard InChI is InChI=1S/C9H17NO3S/c1-3-9-4-5-10(8-9)14(11,12)7-6-13-2/h4H,3,5-8H2,1-2H3. The third kappa shape index (κ3) is 2.80. The van der Waals surface area contributed by atoms with Gasteiger partial charge in [0.05, 0.1) is 12.4 Å². The molecule has 0 unspecified atom stereocenters. The predicted octanol–water partition coefficient (Wildman–Crippen LogP) is 0.615. The Morgan fingerprint density at radius 3 is 2.79 bits per heavy atom. The van der Waals surface area contributed by atoms with Gasteiger partial charge in [0.2, 0.25) is 10.0 Å². The minimum atomic E-state index is -3.11. The summed E-state index contributed by atoms with van der Waals surface area (Å²) >= 11 is 0. The fourth-order valence-corrected chi connectivity index (χ4v) is 2.67. The van der Waals surface area contributed by atoms with Crippen molar-refractivity contribution in [3.05, 3.63) is 11.6 Å². The summed E-state index contributed by atoms with van der Waals surface area (Å²) in [4.78, 5) is 0. The molecule has 0 aliphatic carbocycles. The van der Waals surface area contributed by atoms with Crippen LogP contribution in [0.2, 0.25) is 0 Å². The van der Waals surface area contributed by atoms with Gasteiger partial charge in [-0.3, -0.25) is 0 Å². The molecular formula is C9H17NO3S. The third-order valence-corrected chi connectivity index (χ3v) is 4.10. The van der Waals surface area contributed by atoms with E-state index in [1.807, 2.05) is 13.0 Å². The molecule has 0 bridgehead atoms. The van der Waals surface area contributed by atoms with Gasteiger partial charge in [-0.05, 0) is 6.42 Å². The first-order valence-electron chi connectivity index (χ1n) is 4.75. The van der Waals surface area contributed by atoms with Crippen LogP contribution in [0.25, 0.3) is 0 Å². The summed E-state index contributed by atoms with van der Waals surface area (Å²) in [5.41, 5.74) is 1.20. The van der Waals surface area contributed by atoms with E-state index in [2.05, 4.69) is 0 Å². The number of ether oxygens (including phenoxy) is 1. The second-order valence-corrected chi connectivity index (χ2v) is 5.41. The van der Waals surface area contributed by atoms with Crippen LogP contribution in [0.4, 0.5) is 0 Å². The minimum absolute atomic E-state index is 0.0777. The van der Waals surface area contributed by atoms with Gasteiger partial charge in [-0.2, -0.15) is 4.31 Å². The lowest BCUT2D eigenvalue weighted by atomic mass is 10.2. The van der Waals surface area contributed by atoms with Gasteiger partial charge in [0.1, 0.15) is 0 Å². The van der Waals surface area contributed by atoms with Crippen LogP contribution in [-0.4, -0.2) is 45.3 Å². The lowest BCUT2D eigenvalue weighted by Crippen LogP contribution is -2.32. The predicted molar refractivity (Wildman–Crippen MR) is 55.6 cm³/mol. The van der Waals surface area contributed by atoms with Gasteiger partial charge in [-0.15, -0.1) is 0 Å². The van der Waals surface area contributed by atoms with E-state index in [0.29, 0.717) is 13.1 Å². The van der Waals surface area contributed by atoms with Crippen LogP contribution < -0.4 is 0 Å². The zero-order valence-corrected chi connectivity index (χ0v) is 9.51. The molecular weight excluding hydrogens is 202 g/mol. The largest absolute Gasteiger partial charge is 0.384 e. The Bertz CT molecular complexity index is 308. The van der Waals surface area contributed by atoms with Gasteiger partial charge in [-0.25, -0.2) is 8.42 Å². The molecule has 4 nitrogen and oxygen atoms in total. The lowest BCUT2D eigenvalue weighted by Gasteiger charge is -2.15. The molecule has 1 rings (SSSR count). The van der Waals surface area contributed by atoms with Gasteiger partial charge in [0, 0.05) is 20.2 Å². The molecule has 0 fully saturated rings. The molecule has 0 aromatic carbocycles. The monoisotopic (exact) mass is 219 g/mol. The Kier molecular flexibility index (Phi) is 4.10. The highest BCUT2D eigenvalue weighted by Crippen LogP contribution is 2.15. The summed E-state index contributed by atoms with van der Waals surface area (Å²) in [6.45, 7) is 3.38. The summed E-state index contributed by atoms with van der Waals surface area (Å²) in [5.74, 6) is 0.0777. The highest BCUT2D eigenvalue weighted by atomic mass is 32.2. The fraction of sp³-hybridized carbons (Fsp3) is 0.778. The maximum atomic E-state index is 11.7. The summed E-state index contributed by atoms with van der Waals surface area (Å²) in [6.07, 6.45) is 2.92. The molecule has 0 spiro atoms. The Morgan fingerprint density at radius 1 is 1.57 bits per heavy atom. The average Bonchev–Trinajstić information content (AvgIpc) is 2.63. The van der Waals surface area contributed by atoms with E-state index in [9.17, 15) is 8.42 Å². The van der Waals surface area contributed by atoms with Crippen molar-refractivity contribution in [2.75, 3.05) is 32.6 Å². The van der Waals surface area contributed by atoms with Crippen LogP contribution in [0.3, 0.4) is 0 Å². The molecule has 0 saturated heterocycles. The summed E-state index contributed by atoms with van der Waals surface area (Å²) in [7, 11) is -1.60. The normalized spacial score (nSPS) is 18.6. The number of nitrogens with zero attached hydrogens (tertiary/aromatic N) is 1. The molecule has 1 aliphatic heterocycles. The molecule has 5 heteroatoms. The van der Waals surface area contributed by atoms with E-state index in [-0.39, 0.29) is 12.4 Å². The van der Waals surface area contributed by atoms with Crippen molar-refractivity contribution in [2.45, 2.75) is 13.3 Å². The summed E-state index contributed by atoms with van der Waals surface area (Å²) in [5, 5.41) is 0. The second-order valence-electron chi connectivity index (χ2n) is 3.32. The molecule has 0 aromatic rings. The van der Waals surface area contributed by atoms with Crippen LogP contribution in [0.1, 0.15) is 13.3 Å². The molecule has 0 aromatic heterocycles. The first-order valence-corrected chi connectivity index (χ1v) is 6.35. The summed E-state index contributed by atoms with van der Waals surface area (Å²) < 4.78 is 29.6. The van der Waals surface area contributed by atoms with E-state index in [1.165, 1.54) is 17.0 Å². The zero-order chi connectivity index (χ0) is 10.6. The number of methoxy groups -OCH3 is 1. The van der Waals surface area contributed by atoms with Crippen molar-refractivity contribution >= 4 is 10.0 Å². The Balaban J connectivity index is 2.51. The molecule has 0 radical (unpaired) electrons. The van der Waals surface area contributed by atoms with Crippen LogP contribution in [-0.2, 0) is 14.8 Å². The molecule has 0 saturated carbocycles. The zero-order valence-electron chi connectivity index (χ0n) is 8.69. The maximum Gasteiger partial charge on any atom is 0.216 e. The van der Waals surface area contributed by atoms with Crippen molar-refractivity contribution in [1.29, 1.82) is 0 Å². The Labute approximate surface area is 85.6 Å². The van der Waals surface area contributed by atoms with Crippen LogP contribution >= 0.6 is 0 Å². The topological polar surface area (TPSA) is 46.6 Å². The van der Waals surface area contributed by atoms with Gasteiger partial charge < -0.3 is 4.74 Å². The lowest BCUT2D eigenvalue weighted by molar-refractivity contribution is 0.216. The Hall–Kier alpha value is -0.390. The highest BCUT2D eigenvalue weighted by Gasteiger charge is 2.24. The SMILES string of the molecule is CCC1=CCN(S(=O)(=O)CCOC)C1. The van der Waals surface area contributed by atoms with Gasteiger partial charge in [-0.1, -0.05) is 18.6 Å². The van der Waals surface area contributed by atoms with Crippen LogP contribution in [0, 0.1) is 0 Å². The van der Waals surface area contributed by atoms with Gasteiger partial charge >= 0.3 is 0 Å². The van der Waals surface area contributed by atoms with E-state index >= 15 is 0 Å². The third-order valence-electron chi connectivity index (χ3n) is 2.36. The van der Waals surface area contributed by atoms with Crippen molar-refractivity contribution in [1.82, 2.24) is 4.31 Å². The number of rotatable bonds is 5. The van der Waals surface area contributed by atoms with Crippen molar-refractivity contribution in [2.24, 2.45) is 0 Å². The van der Waals surface area contributed by atoms with Gasteiger partial charge in [0.25, 0.3) is 0 Å². The highest BCUT2D eigenvalue weighted by molar-refractivity contribution is 7.89. The maximum absolute atomic E-state index is 11.7. The van der Waals surface area contributed by atoms with Crippen molar-refractivity contribution < 1.29 is 13.2 Å². The molecule has 1 heterocycles. The first-order chi connectivity index (χ1) is 6.60.